The molecule has 1 saturated heterocycles. The third kappa shape index (κ3) is 1.14. The van der Waals surface area contributed by atoms with E-state index in [0.29, 0.717) is 6.10 Å². The van der Waals surface area contributed by atoms with Crippen LogP contribution in [0.1, 0.15) is 12.8 Å². The van der Waals surface area contributed by atoms with Crippen molar-refractivity contribution in [3.8, 4) is 0 Å². The first kappa shape index (κ1) is 5.06. The van der Waals surface area contributed by atoms with Gasteiger partial charge in [0.05, 0.1) is 6.10 Å². The first-order valence-electron chi connectivity index (χ1n) is 2.58. The maximum Gasteiger partial charge on any atom is 0.0612 e. The maximum absolute atomic E-state index is 5.13. The van der Waals surface area contributed by atoms with Crippen molar-refractivity contribution in [2.75, 3.05) is 6.61 Å². The SMILES string of the molecule is N[CH]CC1CCO1. The number of hydrogen-bond donors (Lipinski definition) is 1. The molecule has 1 fully saturated rings. The van der Waals surface area contributed by atoms with E-state index in [4.69, 9.17) is 10.5 Å². The molecule has 1 aliphatic heterocycles. The van der Waals surface area contributed by atoms with Gasteiger partial charge in [-0.15, -0.1) is 0 Å². The largest absolute Gasteiger partial charge is 0.378 e. The van der Waals surface area contributed by atoms with Crippen LogP contribution in [0, 0.1) is 6.54 Å². The lowest BCUT2D eigenvalue weighted by molar-refractivity contribution is -0.0498. The molecular formula is C5H10NO. The van der Waals surface area contributed by atoms with Crippen LogP contribution in [0.15, 0.2) is 0 Å². The first-order valence-corrected chi connectivity index (χ1v) is 2.58. The number of hydrogen-bond acceptors (Lipinski definition) is 2. The lowest BCUT2D eigenvalue weighted by atomic mass is 10.1. The van der Waals surface area contributed by atoms with E-state index in [2.05, 4.69) is 0 Å². The molecule has 1 aliphatic rings. The summed E-state index contributed by atoms with van der Waals surface area (Å²) in [5.74, 6) is 0. The highest BCUT2D eigenvalue weighted by Crippen LogP contribution is 2.13. The molecule has 0 aromatic heterocycles. The zero-order valence-electron chi connectivity index (χ0n) is 4.26. The molecule has 1 atom stereocenters. The Bertz CT molecular complexity index is 52.0. The highest BCUT2D eigenvalue weighted by molar-refractivity contribution is 4.71. The van der Waals surface area contributed by atoms with Crippen LogP contribution in [0.2, 0.25) is 0 Å². The van der Waals surface area contributed by atoms with Crippen molar-refractivity contribution in [2.24, 2.45) is 5.73 Å². The van der Waals surface area contributed by atoms with Gasteiger partial charge in [-0.1, -0.05) is 0 Å². The summed E-state index contributed by atoms with van der Waals surface area (Å²) in [7, 11) is 0. The number of nitrogens with two attached hydrogens (primary N) is 1. The Morgan fingerprint density at radius 3 is 2.71 bits per heavy atom. The highest BCUT2D eigenvalue weighted by atomic mass is 16.5. The van der Waals surface area contributed by atoms with Crippen molar-refractivity contribution in [1.29, 1.82) is 0 Å². The normalized spacial score (nSPS) is 29.6. The van der Waals surface area contributed by atoms with Gasteiger partial charge in [0.2, 0.25) is 0 Å². The zero-order chi connectivity index (χ0) is 5.11. The third-order valence-corrected chi connectivity index (χ3v) is 1.19. The predicted octanol–water partition coefficient (Wildman–Crippen LogP) is 0.286. The van der Waals surface area contributed by atoms with Crippen LogP contribution in [-0.4, -0.2) is 12.7 Å². The van der Waals surface area contributed by atoms with Crippen LogP contribution in [-0.2, 0) is 4.74 Å². The fourth-order valence-corrected chi connectivity index (χ4v) is 0.622. The van der Waals surface area contributed by atoms with Gasteiger partial charge in [0, 0.05) is 13.2 Å². The monoisotopic (exact) mass is 100 g/mol. The second kappa shape index (κ2) is 2.28. The van der Waals surface area contributed by atoms with Crippen LogP contribution < -0.4 is 5.73 Å². The Balaban J connectivity index is 1.93. The topological polar surface area (TPSA) is 35.2 Å². The Labute approximate surface area is 43.6 Å². The van der Waals surface area contributed by atoms with Crippen LogP contribution in [0.4, 0.5) is 0 Å². The van der Waals surface area contributed by atoms with Gasteiger partial charge >= 0.3 is 0 Å². The highest BCUT2D eigenvalue weighted by Gasteiger charge is 2.15. The molecule has 7 heavy (non-hydrogen) atoms. The Morgan fingerprint density at radius 2 is 2.57 bits per heavy atom. The summed E-state index contributed by atoms with van der Waals surface area (Å²) in [6.45, 7) is 2.59. The van der Waals surface area contributed by atoms with Crippen molar-refractivity contribution >= 4 is 0 Å². The van der Waals surface area contributed by atoms with Crippen molar-refractivity contribution in [3.05, 3.63) is 6.54 Å². The van der Waals surface area contributed by atoms with Crippen molar-refractivity contribution < 1.29 is 4.74 Å². The lowest BCUT2D eigenvalue weighted by Crippen LogP contribution is -2.27. The average molecular weight is 100 g/mol. The minimum Gasteiger partial charge on any atom is -0.378 e. The fraction of sp³-hybridized carbons (Fsp3) is 0.800. The predicted molar refractivity (Wildman–Crippen MR) is 27.5 cm³/mol. The molecule has 0 saturated carbocycles. The molecule has 0 spiro atoms. The van der Waals surface area contributed by atoms with Gasteiger partial charge in [0.15, 0.2) is 0 Å². The van der Waals surface area contributed by atoms with Crippen LogP contribution >= 0.6 is 0 Å². The zero-order valence-corrected chi connectivity index (χ0v) is 4.26. The summed E-state index contributed by atoms with van der Waals surface area (Å²) in [6, 6.07) is 0. The number of ether oxygens (including phenoxy) is 1. The summed E-state index contributed by atoms with van der Waals surface area (Å²) in [5.41, 5.74) is 5.13. The van der Waals surface area contributed by atoms with Crippen LogP contribution in [0.3, 0.4) is 0 Å². The molecule has 0 aromatic rings. The molecular weight excluding hydrogens is 90.1 g/mol. The standard InChI is InChI=1S/C5H10NO/c6-3-1-5-2-4-7-5/h3,5H,1-2,4,6H2. The fourth-order valence-electron chi connectivity index (χ4n) is 0.622. The van der Waals surface area contributed by atoms with Gasteiger partial charge in [0.1, 0.15) is 0 Å². The molecule has 2 heteroatoms. The molecule has 0 bridgehead atoms. The van der Waals surface area contributed by atoms with Crippen LogP contribution in [0.25, 0.3) is 0 Å². The third-order valence-electron chi connectivity index (χ3n) is 1.19. The lowest BCUT2D eigenvalue weighted by Gasteiger charge is -2.25. The van der Waals surface area contributed by atoms with E-state index in [1.165, 1.54) is 6.42 Å². The van der Waals surface area contributed by atoms with Gasteiger partial charge < -0.3 is 10.5 Å². The van der Waals surface area contributed by atoms with Crippen molar-refractivity contribution in [3.63, 3.8) is 0 Å². The van der Waals surface area contributed by atoms with E-state index in [1.54, 1.807) is 6.54 Å². The molecule has 41 valence electrons. The van der Waals surface area contributed by atoms with E-state index in [-0.39, 0.29) is 0 Å². The van der Waals surface area contributed by atoms with E-state index in [0.717, 1.165) is 13.0 Å². The molecule has 0 aliphatic carbocycles. The number of rotatable bonds is 2. The second-order valence-electron chi connectivity index (χ2n) is 1.75. The van der Waals surface area contributed by atoms with Crippen molar-refractivity contribution in [1.82, 2.24) is 0 Å². The average Bonchev–Trinajstić information content (AvgIpc) is 1.55. The van der Waals surface area contributed by atoms with E-state index < -0.39 is 0 Å². The van der Waals surface area contributed by atoms with Gasteiger partial charge in [-0.2, -0.15) is 0 Å². The molecule has 2 N–H and O–H groups in total. The quantitative estimate of drug-likeness (QED) is 0.541. The Kier molecular flexibility index (Phi) is 1.65. The molecule has 1 radical (unpaired) electrons. The van der Waals surface area contributed by atoms with Crippen molar-refractivity contribution in [2.45, 2.75) is 18.9 Å². The summed E-state index contributed by atoms with van der Waals surface area (Å²) < 4.78 is 5.06. The smallest absolute Gasteiger partial charge is 0.0612 e. The second-order valence-corrected chi connectivity index (χ2v) is 1.75. The van der Waals surface area contributed by atoms with Gasteiger partial charge in [-0.05, 0) is 12.8 Å². The molecule has 0 aromatic carbocycles. The maximum atomic E-state index is 5.13. The van der Waals surface area contributed by atoms with Crippen LogP contribution in [0.5, 0.6) is 0 Å². The molecule has 1 rings (SSSR count). The minimum atomic E-state index is 0.449. The van der Waals surface area contributed by atoms with Gasteiger partial charge in [-0.3, -0.25) is 0 Å². The Hall–Kier alpha value is -0.0800. The van der Waals surface area contributed by atoms with E-state index in [9.17, 15) is 0 Å². The molecule has 0 amide bonds. The summed E-state index contributed by atoms with van der Waals surface area (Å²) in [6.07, 6.45) is 2.55. The molecule has 2 nitrogen and oxygen atoms in total. The molecule has 1 unspecified atom stereocenters. The van der Waals surface area contributed by atoms with Gasteiger partial charge in [0.25, 0.3) is 0 Å². The van der Waals surface area contributed by atoms with E-state index >= 15 is 0 Å². The van der Waals surface area contributed by atoms with E-state index in [1.807, 2.05) is 0 Å². The summed E-state index contributed by atoms with van der Waals surface area (Å²) >= 11 is 0. The summed E-state index contributed by atoms with van der Waals surface area (Å²) in [5, 5.41) is 0. The first-order chi connectivity index (χ1) is 3.43. The Morgan fingerprint density at radius 1 is 1.86 bits per heavy atom. The van der Waals surface area contributed by atoms with Gasteiger partial charge in [-0.25, -0.2) is 0 Å². The summed E-state index contributed by atoms with van der Waals surface area (Å²) in [4.78, 5) is 0. The molecule has 1 heterocycles. The minimum absolute atomic E-state index is 0.449.